The van der Waals surface area contributed by atoms with E-state index < -0.39 is 0 Å². The molecular weight excluding hydrogens is 392 g/mol. The normalized spacial score (nSPS) is 11.3. The first-order valence-electron chi connectivity index (χ1n) is 9.77. The van der Waals surface area contributed by atoms with Crippen LogP contribution in [-0.4, -0.2) is 22.4 Å². The first-order chi connectivity index (χ1) is 14.7. The van der Waals surface area contributed by atoms with Crippen molar-refractivity contribution in [2.75, 3.05) is 12.9 Å². The van der Waals surface area contributed by atoms with Gasteiger partial charge in [-0.3, -0.25) is 9.36 Å². The van der Waals surface area contributed by atoms with E-state index >= 15 is 0 Å². The quantitative estimate of drug-likeness (QED) is 0.381. The van der Waals surface area contributed by atoms with E-state index in [1.54, 1.807) is 16.3 Å². The van der Waals surface area contributed by atoms with Gasteiger partial charge in [0.2, 0.25) is 0 Å². The molecule has 4 rings (SSSR count). The monoisotopic (exact) mass is 414 g/mol. The number of hydrogen-bond acceptors (Lipinski definition) is 4. The number of para-hydroxylation sites is 1. The molecule has 3 aromatic carbocycles. The lowest BCUT2D eigenvalue weighted by Crippen LogP contribution is -2.22. The van der Waals surface area contributed by atoms with E-state index in [1.165, 1.54) is 4.90 Å². The van der Waals surface area contributed by atoms with Gasteiger partial charge in [-0.15, -0.1) is 11.8 Å². The molecule has 5 heteroatoms. The number of hydrogen-bond donors (Lipinski definition) is 0. The number of thioether (sulfide) groups is 1. The number of benzene rings is 3. The predicted molar refractivity (Wildman–Crippen MR) is 126 cm³/mol. The van der Waals surface area contributed by atoms with E-state index in [1.807, 2.05) is 67.6 Å². The molecule has 0 aliphatic rings. The lowest BCUT2D eigenvalue weighted by molar-refractivity contribution is 0.340. The number of ether oxygens (including phenoxy) is 1. The van der Waals surface area contributed by atoms with Crippen LogP contribution in [0.1, 0.15) is 18.3 Å². The standard InChI is InChI=1S/C25H22N2O2S/c1-3-29-20-13-11-19(12-14-20)27-24(17-10-18-8-15-21(30-2)16-9-18)26-23-7-5-4-6-22(23)25(27)28/h4-17H,3H2,1-2H3/b17-10+. The Morgan fingerprint density at radius 2 is 1.70 bits per heavy atom. The van der Waals surface area contributed by atoms with Gasteiger partial charge in [-0.05, 0) is 73.3 Å². The summed E-state index contributed by atoms with van der Waals surface area (Å²) in [7, 11) is 0. The van der Waals surface area contributed by atoms with Crippen LogP contribution in [0.25, 0.3) is 28.7 Å². The summed E-state index contributed by atoms with van der Waals surface area (Å²) in [5.74, 6) is 1.35. The maximum Gasteiger partial charge on any atom is 0.266 e. The van der Waals surface area contributed by atoms with E-state index in [2.05, 4.69) is 30.5 Å². The van der Waals surface area contributed by atoms with Crippen molar-refractivity contribution in [1.29, 1.82) is 0 Å². The van der Waals surface area contributed by atoms with Crippen molar-refractivity contribution in [1.82, 2.24) is 9.55 Å². The molecule has 0 bridgehead atoms. The van der Waals surface area contributed by atoms with Crippen LogP contribution < -0.4 is 10.3 Å². The Balaban J connectivity index is 1.83. The summed E-state index contributed by atoms with van der Waals surface area (Å²) >= 11 is 1.71. The maximum atomic E-state index is 13.3. The van der Waals surface area contributed by atoms with Crippen molar-refractivity contribution in [3.63, 3.8) is 0 Å². The van der Waals surface area contributed by atoms with E-state index in [-0.39, 0.29) is 5.56 Å². The van der Waals surface area contributed by atoms with E-state index in [0.717, 1.165) is 17.0 Å². The summed E-state index contributed by atoms with van der Waals surface area (Å²) < 4.78 is 7.18. The number of nitrogens with zero attached hydrogens (tertiary/aromatic N) is 2. The van der Waals surface area contributed by atoms with Crippen molar-refractivity contribution in [3.8, 4) is 11.4 Å². The molecule has 0 aliphatic carbocycles. The van der Waals surface area contributed by atoms with E-state index in [4.69, 9.17) is 9.72 Å². The molecule has 0 atom stereocenters. The first kappa shape index (κ1) is 20.0. The highest BCUT2D eigenvalue weighted by atomic mass is 32.2. The Morgan fingerprint density at radius 3 is 2.40 bits per heavy atom. The van der Waals surface area contributed by atoms with Gasteiger partial charge in [-0.1, -0.05) is 30.3 Å². The van der Waals surface area contributed by atoms with Crippen LogP contribution in [0.15, 0.2) is 82.5 Å². The van der Waals surface area contributed by atoms with E-state index in [9.17, 15) is 4.79 Å². The number of aromatic nitrogens is 2. The van der Waals surface area contributed by atoms with Crippen LogP contribution in [0, 0.1) is 0 Å². The second-order valence-electron chi connectivity index (χ2n) is 6.66. The molecule has 4 aromatic rings. The predicted octanol–water partition coefficient (Wildman–Crippen LogP) is 5.68. The molecule has 30 heavy (non-hydrogen) atoms. The van der Waals surface area contributed by atoms with Crippen LogP contribution in [0.2, 0.25) is 0 Å². The lowest BCUT2D eigenvalue weighted by atomic mass is 10.2. The van der Waals surface area contributed by atoms with Gasteiger partial charge in [-0.25, -0.2) is 4.98 Å². The molecule has 1 heterocycles. The summed E-state index contributed by atoms with van der Waals surface area (Å²) in [5, 5.41) is 0.591. The largest absolute Gasteiger partial charge is 0.494 e. The molecule has 0 radical (unpaired) electrons. The zero-order chi connectivity index (χ0) is 20.9. The molecule has 1 aromatic heterocycles. The molecule has 0 saturated heterocycles. The molecule has 150 valence electrons. The Morgan fingerprint density at radius 1 is 0.967 bits per heavy atom. The molecular formula is C25H22N2O2S. The van der Waals surface area contributed by atoms with Crippen molar-refractivity contribution in [3.05, 3.63) is 94.5 Å². The third-order valence-electron chi connectivity index (χ3n) is 4.75. The minimum absolute atomic E-state index is 0.0952. The zero-order valence-electron chi connectivity index (χ0n) is 16.9. The Kier molecular flexibility index (Phi) is 6.00. The summed E-state index contributed by atoms with van der Waals surface area (Å²) in [6, 6.07) is 23.2. The SMILES string of the molecule is CCOc1ccc(-n2c(/C=C/c3ccc(SC)cc3)nc3ccccc3c2=O)cc1. The Bertz CT molecular complexity index is 1240. The van der Waals surface area contributed by atoms with Crippen LogP contribution in [0.3, 0.4) is 0 Å². The second-order valence-corrected chi connectivity index (χ2v) is 7.54. The fourth-order valence-corrected chi connectivity index (χ4v) is 3.66. The molecule has 0 N–H and O–H groups in total. The van der Waals surface area contributed by atoms with E-state index in [0.29, 0.717) is 23.3 Å². The van der Waals surface area contributed by atoms with Gasteiger partial charge in [0, 0.05) is 4.90 Å². The molecule has 4 nitrogen and oxygen atoms in total. The molecule has 0 saturated carbocycles. The van der Waals surface area contributed by atoms with Gasteiger partial charge in [-0.2, -0.15) is 0 Å². The van der Waals surface area contributed by atoms with Crippen molar-refractivity contribution >= 4 is 34.8 Å². The Hall–Kier alpha value is -3.31. The van der Waals surface area contributed by atoms with Gasteiger partial charge in [0.25, 0.3) is 5.56 Å². The smallest absolute Gasteiger partial charge is 0.266 e. The van der Waals surface area contributed by atoms with Gasteiger partial charge in [0.05, 0.1) is 23.2 Å². The highest BCUT2D eigenvalue weighted by Crippen LogP contribution is 2.20. The highest BCUT2D eigenvalue weighted by molar-refractivity contribution is 7.98. The number of rotatable bonds is 6. The number of fused-ring (bicyclic) bond motifs is 1. The summed E-state index contributed by atoms with van der Waals surface area (Å²) in [6.45, 7) is 2.54. The van der Waals surface area contributed by atoms with Crippen molar-refractivity contribution < 1.29 is 4.74 Å². The zero-order valence-corrected chi connectivity index (χ0v) is 17.7. The summed E-state index contributed by atoms with van der Waals surface area (Å²) in [6.07, 6.45) is 5.92. The fourth-order valence-electron chi connectivity index (χ4n) is 3.26. The molecule has 0 aliphatic heterocycles. The molecule has 0 unspecified atom stereocenters. The highest BCUT2D eigenvalue weighted by Gasteiger charge is 2.11. The topological polar surface area (TPSA) is 44.1 Å². The van der Waals surface area contributed by atoms with Gasteiger partial charge in [0.1, 0.15) is 11.6 Å². The van der Waals surface area contributed by atoms with Crippen LogP contribution in [-0.2, 0) is 0 Å². The average molecular weight is 415 g/mol. The molecule has 0 spiro atoms. The second kappa shape index (κ2) is 9.01. The van der Waals surface area contributed by atoms with Crippen molar-refractivity contribution in [2.24, 2.45) is 0 Å². The minimum atomic E-state index is -0.0952. The first-order valence-corrected chi connectivity index (χ1v) is 11.0. The lowest BCUT2D eigenvalue weighted by Gasteiger charge is -2.12. The third kappa shape index (κ3) is 4.16. The maximum absolute atomic E-state index is 13.3. The van der Waals surface area contributed by atoms with Crippen molar-refractivity contribution in [2.45, 2.75) is 11.8 Å². The minimum Gasteiger partial charge on any atom is -0.494 e. The molecule has 0 fully saturated rings. The van der Waals surface area contributed by atoms with Crippen LogP contribution in [0.4, 0.5) is 0 Å². The van der Waals surface area contributed by atoms with Crippen LogP contribution in [0.5, 0.6) is 5.75 Å². The van der Waals surface area contributed by atoms with Crippen LogP contribution >= 0.6 is 11.8 Å². The Labute approximate surface area is 179 Å². The van der Waals surface area contributed by atoms with Gasteiger partial charge >= 0.3 is 0 Å². The average Bonchev–Trinajstić information content (AvgIpc) is 2.79. The van der Waals surface area contributed by atoms with Gasteiger partial charge < -0.3 is 4.74 Å². The molecule has 0 amide bonds. The third-order valence-corrected chi connectivity index (χ3v) is 5.49. The fraction of sp³-hybridized carbons (Fsp3) is 0.120. The van der Waals surface area contributed by atoms with Gasteiger partial charge in [0.15, 0.2) is 0 Å². The summed E-state index contributed by atoms with van der Waals surface area (Å²) in [4.78, 5) is 19.3. The summed E-state index contributed by atoms with van der Waals surface area (Å²) in [5.41, 5.74) is 2.39.